The number of piperidine rings is 1. The Labute approximate surface area is 248 Å². The number of hydrogen-bond donors (Lipinski definition) is 2. The maximum absolute atomic E-state index is 13.2. The number of ether oxygens (including phenoxy) is 1. The molecule has 1 unspecified atom stereocenters. The van der Waals surface area contributed by atoms with Crippen LogP contribution in [0, 0.1) is 0 Å². The first kappa shape index (κ1) is 29.8. The molecule has 222 valence electrons. The van der Waals surface area contributed by atoms with Gasteiger partial charge in [0.15, 0.2) is 0 Å². The highest BCUT2D eigenvalue weighted by atomic mass is 19.4. The molecule has 1 heterocycles. The fraction of sp³-hybridized carbons (Fsp3) is 0.235. The minimum absolute atomic E-state index is 0.156. The second-order valence-corrected chi connectivity index (χ2v) is 10.4. The van der Waals surface area contributed by atoms with E-state index >= 15 is 0 Å². The van der Waals surface area contributed by atoms with Gasteiger partial charge in [0.25, 0.3) is 5.91 Å². The lowest BCUT2D eigenvalue weighted by Gasteiger charge is -2.35. The van der Waals surface area contributed by atoms with Crippen LogP contribution in [0.15, 0.2) is 103 Å². The maximum atomic E-state index is 13.2. The van der Waals surface area contributed by atoms with Crippen LogP contribution in [0.25, 0.3) is 11.1 Å². The molecule has 43 heavy (non-hydrogen) atoms. The van der Waals surface area contributed by atoms with Gasteiger partial charge in [0.2, 0.25) is 0 Å². The Bertz CT molecular complexity index is 1530. The zero-order valence-electron chi connectivity index (χ0n) is 23.6. The molecule has 0 spiro atoms. The van der Waals surface area contributed by atoms with Crippen molar-refractivity contribution < 1.29 is 27.5 Å². The quantitative estimate of drug-likeness (QED) is 0.215. The van der Waals surface area contributed by atoms with Crippen LogP contribution < -0.4 is 15.5 Å². The summed E-state index contributed by atoms with van der Waals surface area (Å²) in [6.45, 7) is 1.60. The molecule has 1 amide bonds. The lowest BCUT2D eigenvalue weighted by molar-refractivity contribution is -0.143. The second-order valence-electron chi connectivity index (χ2n) is 10.4. The number of benzene rings is 4. The van der Waals surface area contributed by atoms with Gasteiger partial charge in [-0.25, -0.2) is 4.79 Å². The van der Waals surface area contributed by atoms with E-state index in [-0.39, 0.29) is 17.9 Å². The summed E-state index contributed by atoms with van der Waals surface area (Å²) in [5, 5.41) is 6.37. The molecule has 0 aliphatic carbocycles. The Kier molecular flexibility index (Phi) is 9.11. The average molecular weight is 588 g/mol. The van der Waals surface area contributed by atoms with Crippen molar-refractivity contribution in [3.8, 4) is 11.1 Å². The molecule has 0 bridgehead atoms. The van der Waals surface area contributed by atoms with Crippen LogP contribution in [-0.4, -0.2) is 38.1 Å². The minimum Gasteiger partial charge on any atom is -0.468 e. The highest BCUT2D eigenvalue weighted by Gasteiger charge is 2.30. The lowest BCUT2D eigenvalue weighted by atomic mass is 9.98. The summed E-state index contributed by atoms with van der Waals surface area (Å²) in [6, 6.07) is 28.4. The molecule has 4 aromatic rings. The van der Waals surface area contributed by atoms with E-state index in [9.17, 15) is 22.8 Å². The summed E-state index contributed by atoms with van der Waals surface area (Å²) in [6.07, 6.45) is -2.73. The normalized spacial score (nSPS) is 14.7. The number of halogens is 3. The number of alkyl halides is 3. The SMILES string of the molecule is COC(=O)C(NC1CCN(c2ccc(NC(=O)c3ccccc3-c3ccc(C(F)(F)F)cc3)cc2)CC1)c1ccccc1. The number of carbonyl (C=O) groups excluding carboxylic acids is 2. The summed E-state index contributed by atoms with van der Waals surface area (Å²) >= 11 is 0. The third-order valence-electron chi connectivity index (χ3n) is 7.65. The Morgan fingerprint density at radius 3 is 2.09 bits per heavy atom. The van der Waals surface area contributed by atoms with Crippen LogP contribution in [-0.2, 0) is 15.7 Å². The van der Waals surface area contributed by atoms with E-state index in [1.807, 2.05) is 54.6 Å². The van der Waals surface area contributed by atoms with E-state index in [0.29, 0.717) is 22.4 Å². The summed E-state index contributed by atoms with van der Waals surface area (Å²) in [4.78, 5) is 27.9. The smallest absolute Gasteiger partial charge is 0.416 e. The van der Waals surface area contributed by atoms with Crippen LogP contribution >= 0.6 is 0 Å². The van der Waals surface area contributed by atoms with Gasteiger partial charge in [0.05, 0.1) is 12.7 Å². The number of anilines is 2. The predicted octanol–water partition coefficient (Wildman–Crippen LogP) is 7.10. The molecule has 0 aromatic heterocycles. The number of hydrogen-bond acceptors (Lipinski definition) is 5. The van der Waals surface area contributed by atoms with Crippen molar-refractivity contribution in [3.63, 3.8) is 0 Å². The van der Waals surface area contributed by atoms with E-state index in [2.05, 4.69) is 15.5 Å². The highest BCUT2D eigenvalue weighted by Crippen LogP contribution is 2.32. The fourth-order valence-electron chi connectivity index (χ4n) is 5.33. The van der Waals surface area contributed by atoms with E-state index < -0.39 is 17.8 Å². The molecular formula is C34H32F3N3O3. The van der Waals surface area contributed by atoms with Crippen molar-refractivity contribution in [2.75, 3.05) is 30.4 Å². The topological polar surface area (TPSA) is 70.7 Å². The first-order valence-electron chi connectivity index (χ1n) is 14.0. The Morgan fingerprint density at radius 2 is 1.47 bits per heavy atom. The van der Waals surface area contributed by atoms with Crippen molar-refractivity contribution in [3.05, 3.63) is 120 Å². The molecule has 0 saturated carbocycles. The zero-order valence-corrected chi connectivity index (χ0v) is 23.6. The summed E-state index contributed by atoms with van der Waals surface area (Å²) in [5.41, 5.74) is 3.19. The van der Waals surface area contributed by atoms with Crippen molar-refractivity contribution in [2.45, 2.75) is 31.1 Å². The maximum Gasteiger partial charge on any atom is 0.416 e. The summed E-state index contributed by atoms with van der Waals surface area (Å²) in [5.74, 6) is -0.665. The van der Waals surface area contributed by atoms with Gasteiger partial charge in [-0.2, -0.15) is 13.2 Å². The minimum atomic E-state index is -4.43. The van der Waals surface area contributed by atoms with Crippen molar-refractivity contribution >= 4 is 23.3 Å². The van der Waals surface area contributed by atoms with Crippen molar-refractivity contribution in [1.82, 2.24) is 5.32 Å². The van der Waals surface area contributed by atoms with E-state index in [4.69, 9.17) is 4.74 Å². The van der Waals surface area contributed by atoms with E-state index in [1.165, 1.54) is 19.2 Å². The molecule has 1 saturated heterocycles. The van der Waals surface area contributed by atoms with Crippen molar-refractivity contribution in [2.24, 2.45) is 0 Å². The number of nitrogens with one attached hydrogen (secondary N) is 2. The van der Waals surface area contributed by atoms with Gasteiger partial charge < -0.3 is 15.0 Å². The summed E-state index contributed by atoms with van der Waals surface area (Å²) in [7, 11) is 1.40. The number of esters is 1. The van der Waals surface area contributed by atoms with E-state index in [1.54, 1.807) is 24.3 Å². The fourth-order valence-corrected chi connectivity index (χ4v) is 5.33. The third-order valence-corrected chi connectivity index (χ3v) is 7.65. The van der Waals surface area contributed by atoms with E-state index in [0.717, 1.165) is 49.3 Å². The molecule has 1 atom stereocenters. The Morgan fingerprint density at radius 1 is 0.837 bits per heavy atom. The first-order chi connectivity index (χ1) is 20.7. The predicted molar refractivity (Wildman–Crippen MR) is 161 cm³/mol. The first-order valence-corrected chi connectivity index (χ1v) is 14.0. The van der Waals surface area contributed by atoms with Gasteiger partial charge in [-0.05, 0) is 72.0 Å². The highest BCUT2D eigenvalue weighted by molar-refractivity contribution is 6.08. The van der Waals surface area contributed by atoms with Gasteiger partial charge in [0.1, 0.15) is 6.04 Å². The summed E-state index contributed by atoms with van der Waals surface area (Å²) < 4.78 is 44.0. The Balaban J connectivity index is 1.19. The van der Waals surface area contributed by atoms with Crippen LogP contribution in [0.2, 0.25) is 0 Å². The molecule has 4 aromatic carbocycles. The van der Waals surface area contributed by atoms with Gasteiger partial charge >= 0.3 is 12.1 Å². The third kappa shape index (κ3) is 7.24. The standard InChI is InChI=1S/C34H32F3N3O3/c1-43-33(42)31(24-7-3-2-4-8-24)38-27-19-21-40(22-20-27)28-17-15-26(16-18-28)39-32(41)30-10-6-5-9-29(30)23-11-13-25(14-12-23)34(35,36)37/h2-18,27,31,38H,19-22H2,1H3,(H,39,41). The van der Waals surface area contributed by atoms with Crippen LogP contribution in [0.5, 0.6) is 0 Å². The molecule has 1 fully saturated rings. The molecule has 0 radical (unpaired) electrons. The second kappa shape index (κ2) is 13.1. The lowest BCUT2D eigenvalue weighted by Crippen LogP contribution is -2.45. The number of rotatable bonds is 8. The number of methoxy groups -OCH3 is 1. The molecule has 9 heteroatoms. The molecule has 1 aliphatic heterocycles. The molecule has 2 N–H and O–H groups in total. The number of amides is 1. The zero-order chi connectivity index (χ0) is 30.4. The van der Waals surface area contributed by atoms with Gasteiger partial charge in [0, 0.05) is 36.1 Å². The van der Waals surface area contributed by atoms with Crippen LogP contribution in [0.3, 0.4) is 0 Å². The monoisotopic (exact) mass is 587 g/mol. The van der Waals surface area contributed by atoms with Crippen molar-refractivity contribution in [1.29, 1.82) is 0 Å². The van der Waals surface area contributed by atoms with Gasteiger partial charge in [-0.1, -0.05) is 60.7 Å². The number of carbonyl (C=O) groups is 2. The van der Waals surface area contributed by atoms with Gasteiger partial charge in [-0.15, -0.1) is 0 Å². The molecular weight excluding hydrogens is 555 g/mol. The molecule has 6 nitrogen and oxygen atoms in total. The molecule has 1 aliphatic rings. The van der Waals surface area contributed by atoms with Crippen LogP contribution in [0.1, 0.15) is 40.4 Å². The largest absolute Gasteiger partial charge is 0.468 e. The average Bonchev–Trinajstić information content (AvgIpc) is 3.04. The number of nitrogens with zero attached hydrogens (tertiary/aromatic N) is 1. The Hall–Kier alpha value is -4.63. The van der Waals surface area contributed by atoms with Gasteiger partial charge in [-0.3, -0.25) is 10.1 Å². The van der Waals surface area contributed by atoms with Crippen LogP contribution in [0.4, 0.5) is 24.5 Å². The molecule has 5 rings (SSSR count).